The number of rotatable bonds is 3. The number of anilines is 1. The summed E-state index contributed by atoms with van der Waals surface area (Å²) >= 11 is 0. The SMILES string of the molecule is C=C/C=C(\C=C/C)c1cccc2c1CC(=O)N2.CC. The van der Waals surface area contributed by atoms with E-state index in [1.165, 1.54) is 0 Å². The number of benzene rings is 1. The maximum atomic E-state index is 11.4. The summed E-state index contributed by atoms with van der Waals surface area (Å²) in [7, 11) is 0. The van der Waals surface area contributed by atoms with Gasteiger partial charge < -0.3 is 5.32 Å². The van der Waals surface area contributed by atoms with Crippen LogP contribution in [0.3, 0.4) is 0 Å². The molecule has 2 rings (SSSR count). The summed E-state index contributed by atoms with van der Waals surface area (Å²) in [5, 5.41) is 2.86. The van der Waals surface area contributed by atoms with Crippen molar-refractivity contribution >= 4 is 17.2 Å². The lowest BCUT2D eigenvalue weighted by atomic mass is 9.97. The largest absolute Gasteiger partial charge is 0.326 e. The molecular weight excluding hydrogens is 234 g/mol. The van der Waals surface area contributed by atoms with E-state index in [-0.39, 0.29) is 5.91 Å². The van der Waals surface area contributed by atoms with Crippen LogP contribution in [0.2, 0.25) is 0 Å². The molecule has 1 N–H and O–H groups in total. The normalized spacial score (nSPS) is 13.6. The first-order valence-corrected chi connectivity index (χ1v) is 6.63. The number of hydrogen-bond donors (Lipinski definition) is 1. The molecule has 1 amide bonds. The maximum Gasteiger partial charge on any atom is 0.228 e. The van der Waals surface area contributed by atoms with Crippen LogP contribution in [0, 0.1) is 0 Å². The molecule has 0 aromatic heterocycles. The van der Waals surface area contributed by atoms with E-state index in [2.05, 4.69) is 11.9 Å². The number of hydrogen-bond acceptors (Lipinski definition) is 1. The second-order valence-corrected chi connectivity index (χ2v) is 3.91. The third-order valence-corrected chi connectivity index (χ3v) is 2.74. The number of carbonyl (C=O) groups is 1. The summed E-state index contributed by atoms with van der Waals surface area (Å²) < 4.78 is 0. The molecule has 0 spiro atoms. The van der Waals surface area contributed by atoms with Gasteiger partial charge in [0.2, 0.25) is 5.91 Å². The first kappa shape index (κ1) is 15.0. The number of amides is 1. The average Bonchev–Trinajstić information content (AvgIpc) is 2.81. The number of carbonyl (C=O) groups excluding carboxylic acids is 1. The van der Waals surface area contributed by atoms with Gasteiger partial charge in [0.15, 0.2) is 0 Å². The Morgan fingerprint density at radius 3 is 2.74 bits per heavy atom. The van der Waals surface area contributed by atoms with Crippen molar-refractivity contribution in [2.75, 3.05) is 5.32 Å². The van der Waals surface area contributed by atoms with E-state index < -0.39 is 0 Å². The molecule has 0 fully saturated rings. The number of fused-ring (bicyclic) bond motifs is 1. The molecule has 2 nitrogen and oxygen atoms in total. The molecule has 1 aromatic carbocycles. The zero-order valence-electron chi connectivity index (χ0n) is 11.9. The zero-order valence-corrected chi connectivity index (χ0v) is 11.9. The summed E-state index contributed by atoms with van der Waals surface area (Å²) in [6, 6.07) is 5.93. The molecule has 0 aliphatic carbocycles. The van der Waals surface area contributed by atoms with Crippen LogP contribution in [0.5, 0.6) is 0 Å². The fraction of sp³-hybridized carbons (Fsp3) is 0.235. The molecule has 1 aromatic rings. The highest BCUT2D eigenvalue weighted by Gasteiger charge is 2.20. The molecule has 1 aliphatic heterocycles. The predicted molar refractivity (Wildman–Crippen MR) is 83.1 cm³/mol. The van der Waals surface area contributed by atoms with Crippen molar-refractivity contribution in [1.82, 2.24) is 0 Å². The summed E-state index contributed by atoms with van der Waals surface area (Å²) in [5.41, 5.74) is 4.17. The molecular formula is C17H21NO. The van der Waals surface area contributed by atoms with Crippen molar-refractivity contribution in [3.63, 3.8) is 0 Å². The van der Waals surface area contributed by atoms with Gasteiger partial charge in [-0.05, 0) is 29.7 Å². The van der Waals surface area contributed by atoms with Crippen molar-refractivity contribution in [1.29, 1.82) is 0 Å². The molecule has 1 aliphatic rings. The van der Waals surface area contributed by atoms with Crippen molar-refractivity contribution in [2.45, 2.75) is 27.2 Å². The lowest BCUT2D eigenvalue weighted by Crippen LogP contribution is -2.03. The first-order chi connectivity index (χ1) is 9.26. The summed E-state index contributed by atoms with van der Waals surface area (Å²) in [6.45, 7) is 9.70. The van der Waals surface area contributed by atoms with Crippen LogP contribution in [0.15, 0.2) is 49.1 Å². The molecule has 1 heterocycles. The van der Waals surface area contributed by atoms with Crippen LogP contribution in [0.4, 0.5) is 5.69 Å². The molecule has 0 radical (unpaired) electrons. The van der Waals surface area contributed by atoms with Gasteiger partial charge in [0.25, 0.3) is 0 Å². The molecule has 0 unspecified atom stereocenters. The van der Waals surface area contributed by atoms with Gasteiger partial charge in [-0.1, -0.05) is 56.9 Å². The highest BCUT2D eigenvalue weighted by atomic mass is 16.1. The third kappa shape index (κ3) is 3.44. The molecule has 19 heavy (non-hydrogen) atoms. The van der Waals surface area contributed by atoms with Crippen molar-refractivity contribution in [2.24, 2.45) is 0 Å². The Bertz CT molecular complexity index is 524. The average molecular weight is 255 g/mol. The molecule has 0 atom stereocenters. The Morgan fingerprint density at radius 1 is 1.37 bits per heavy atom. The Morgan fingerprint density at radius 2 is 2.11 bits per heavy atom. The van der Waals surface area contributed by atoms with Crippen molar-refractivity contribution in [3.8, 4) is 0 Å². The van der Waals surface area contributed by atoms with Gasteiger partial charge in [0, 0.05) is 5.69 Å². The number of nitrogens with one attached hydrogen (secondary N) is 1. The standard InChI is InChI=1S/C15H15NO.C2H6/c1-3-6-11(7-4-2)12-8-5-9-14-13(12)10-15(17)16-14;1-2/h3-9H,1,10H2,2H3,(H,16,17);1-2H3/b7-4-,11-6+;. The quantitative estimate of drug-likeness (QED) is 0.799. The van der Waals surface area contributed by atoms with Gasteiger partial charge in [-0.15, -0.1) is 0 Å². The number of allylic oxidation sites excluding steroid dienone is 5. The van der Waals surface area contributed by atoms with E-state index in [0.717, 1.165) is 22.4 Å². The van der Waals surface area contributed by atoms with Gasteiger partial charge in [-0.3, -0.25) is 4.79 Å². The van der Waals surface area contributed by atoms with E-state index in [4.69, 9.17) is 0 Å². The van der Waals surface area contributed by atoms with E-state index in [1.807, 2.05) is 57.2 Å². The van der Waals surface area contributed by atoms with Gasteiger partial charge in [-0.2, -0.15) is 0 Å². The fourth-order valence-electron chi connectivity index (χ4n) is 2.06. The van der Waals surface area contributed by atoms with Crippen LogP contribution in [-0.4, -0.2) is 5.91 Å². The van der Waals surface area contributed by atoms with Crippen LogP contribution < -0.4 is 5.32 Å². The minimum absolute atomic E-state index is 0.0610. The van der Waals surface area contributed by atoms with E-state index in [1.54, 1.807) is 6.08 Å². The minimum Gasteiger partial charge on any atom is -0.326 e. The van der Waals surface area contributed by atoms with Crippen molar-refractivity contribution < 1.29 is 4.79 Å². The van der Waals surface area contributed by atoms with Crippen LogP contribution >= 0.6 is 0 Å². The van der Waals surface area contributed by atoms with Crippen LogP contribution in [0.1, 0.15) is 31.9 Å². The lowest BCUT2D eigenvalue weighted by Gasteiger charge is -2.07. The monoisotopic (exact) mass is 255 g/mol. The molecule has 0 saturated heterocycles. The Kier molecular flexibility index (Phi) is 5.80. The summed E-state index contributed by atoms with van der Waals surface area (Å²) in [5.74, 6) is 0.0610. The Hall–Kier alpha value is -2.09. The smallest absolute Gasteiger partial charge is 0.228 e. The van der Waals surface area contributed by atoms with E-state index in [0.29, 0.717) is 6.42 Å². The highest BCUT2D eigenvalue weighted by Crippen LogP contribution is 2.31. The summed E-state index contributed by atoms with van der Waals surface area (Å²) in [4.78, 5) is 11.4. The zero-order chi connectivity index (χ0) is 14.3. The predicted octanol–water partition coefficient (Wildman–Crippen LogP) is 4.35. The molecule has 0 bridgehead atoms. The van der Waals surface area contributed by atoms with Gasteiger partial charge >= 0.3 is 0 Å². The lowest BCUT2D eigenvalue weighted by molar-refractivity contribution is -0.115. The van der Waals surface area contributed by atoms with Crippen LogP contribution in [0.25, 0.3) is 5.57 Å². The Balaban J connectivity index is 0.000000861. The minimum atomic E-state index is 0.0610. The molecule has 0 saturated carbocycles. The highest BCUT2D eigenvalue weighted by molar-refractivity contribution is 6.01. The van der Waals surface area contributed by atoms with Gasteiger partial charge in [0.1, 0.15) is 0 Å². The molecule has 100 valence electrons. The van der Waals surface area contributed by atoms with Gasteiger partial charge in [0.05, 0.1) is 6.42 Å². The second-order valence-electron chi connectivity index (χ2n) is 3.91. The van der Waals surface area contributed by atoms with Gasteiger partial charge in [-0.25, -0.2) is 0 Å². The third-order valence-electron chi connectivity index (χ3n) is 2.74. The fourth-order valence-corrected chi connectivity index (χ4v) is 2.06. The maximum absolute atomic E-state index is 11.4. The molecule has 2 heteroatoms. The van der Waals surface area contributed by atoms with E-state index in [9.17, 15) is 4.79 Å². The first-order valence-electron chi connectivity index (χ1n) is 6.63. The van der Waals surface area contributed by atoms with Crippen LogP contribution in [-0.2, 0) is 11.2 Å². The van der Waals surface area contributed by atoms with E-state index >= 15 is 0 Å². The topological polar surface area (TPSA) is 29.1 Å². The Labute approximate surface area is 115 Å². The van der Waals surface area contributed by atoms with Crippen molar-refractivity contribution in [3.05, 3.63) is 60.2 Å². The summed E-state index contributed by atoms with van der Waals surface area (Å²) in [6.07, 6.45) is 8.19. The second kappa shape index (κ2) is 7.37.